The van der Waals surface area contributed by atoms with E-state index in [0.717, 1.165) is 0 Å². The van der Waals surface area contributed by atoms with Crippen molar-refractivity contribution in [2.45, 2.75) is 117 Å². The van der Waals surface area contributed by atoms with Gasteiger partial charge in [-0.25, -0.2) is 0 Å². The predicted molar refractivity (Wildman–Crippen MR) is 149 cm³/mol. The Balaban J connectivity index is 1.82. The molecule has 19 nitrogen and oxygen atoms in total. The third-order valence-electron chi connectivity index (χ3n) is 8.25. The molecule has 1 aliphatic carbocycles. The Morgan fingerprint density at radius 1 is 0.909 bits per heavy atom. The zero-order chi connectivity index (χ0) is 32.7. The molecule has 2 saturated heterocycles. The summed E-state index contributed by atoms with van der Waals surface area (Å²) in [5.74, 6) is -1.15. The molecule has 3 fully saturated rings. The van der Waals surface area contributed by atoms with Gasteiger partial charge in [-0.05, 0) is 19.3 Å². The van der Waals surface area contributed by atoms with Crippen molar-refractivity contribution in [2.24, 2.45) is 22.9 Å². The van der Waals surface area contributed by atoms with Crippen molar-refractivity contribution in [3.63, 3.8) is 0 Å². The smallest absolute Gasteiger partial charge is 0.251 e. The van der Waals surface area contributed by atoms with Crippen LogP contribution in [-0.2, 0) is 23.7 Å². The minimum atomic E-state index is -2.12. The van der Waals surface area contributed by atoms with Crippen LogP contribution in [0.15, 0.2) is 0 Å². The summed E-state index contributed by atoms with van der Waals surface area (Å²) < 4.78 is 23.5. The summed E-state index contributed by atoms with van der Waals surface area (Å²) in [5.41, 5.74) is 23.8. The zero-order valence-electron chi connectivity index (χ0n) is 24.3. The van der Waals surface area contributed by atoms with Crippen molar-refractivity contribution in [3.8, 4) is 0 Å². The number of amides is 1. The van der Waals surface area contributed by atoms with Gasteiger partial charge in [-0.3, -0.25) is 4.79 Å². The summed E-state index contributed by atoms with van der Waals surface area (Å²) in [6.45, 7) is -0.402. The second kappa shape index (κ2) is 17.1. The second-order valence-electron chi connectivity index (χ2n) is 11.5. The molecule has 0 aromatic rings. The van der Waals surface area contributed by atoms with Crippen LogP contribution in [0.2, 0.25) is 0 Å². The molecule has 0 aromatic carbocycles. The average molecular weight is 643 g/mol. The van der Waals surface area contributed by atoms with Crippen LogP contribution in [0.5, 0.6) is 0 Å². The first-order valence-corrected chi connectivity index (χ1v) is 14.7. The Hall–Kier alpha value is -1.21. The van der Waals surface area contributed by atoms with Gasteiger partial charge >= 0.3 is 0 Å². The molecule has 0 radical (unpaired) electrons. The van der Waals surface area contributed by atoms with Crippen molar-refractivity contribution >= 4 is 5.91 Å². The summed E-state index contributed by atoms with van der Waals surface area (Å²) >= 11 is 0. The van der Waals surface area contributed by atoms with Gasteiger partial charge in [0, 0.05) is 25.7 Å². The lowest BCUT2D eigenvalue weighted by atomic mass is 9.83. The van der Waals surface area contributed by atoms with E-state index in [1.165, 1.54) is 0 Å². The van der Waals surface area contributed by atoms with E-state index < -0.39 is 111 Å². The molecule has 1 amide bonds. The van der Waals surface area contributed by atoms with E-state index in [-0.39, 0.29) is 19.1 Å². The first-order chi connectivity index (χ1) is 20.8. The molecular formula is C25H50N6O13. The molecule has 44 heavy (non-hydrogen) atoms. The van der Waals surface area contributed by atoms with Crippen molar-refractivity contribution in [1.82, 2.24) is 10.6 Å². The Labute approximate surface area is 254 Å². The average Bonchev–Trinajstić information content (AvgIpc) is 3.01. The maximum atomic E-state index is 12.9. The lowest BCUT2D eigenvalue weighted by Gasteiger charge is -2.48. The fourth-order valence-electron chi connectivity index (χ4n) is 5.55. The first kappa shape index (κ1) is 37.2. The number of carbonyl (C=O) groups is 1. The van der Waals surface area contributed by atoms with Crippen LogP contribution < -0.4 is 33.6 Å². The number of ether oxygens (including phenoxy) is 4. The van der Waals surface area contributed by atoms with Crippen molar-refractivity contribution in [3.05, 3.63) is 0 Å². The predicted octanol–water partition coefficient (Wildman–Crippen LogP) is -8.44. The molecule has 2 heterocycles. The van der Waals surface area contributed by atoms with Crippen LogP contribution in [0.1, 0.15) is 19.3 Å². The molecular weight excluding hydrogens is 592 g/mol. The number of nitrogens with one attached hydrogen (secondary N) is 2. The normalized spacial score (nSPS) is 42.0. The monoisotopic (exact) mass is 642 g/mol. The highest BCUT2D eigenvalue weighted by molar-refractivity contribution is 5.81. The van der Waals surface area contributed by atoms with Crippen LogP contribution in [0, 0.1) is 0 Å². The number of rotatable bonds is 14. The molecule has 258 valence electrons. The lowest BCUT2D eigenvalue weighted by molar-refractivity contribution is -0.314. The summed E-state index contributed by atoms with van der Waals surface area (Å²) in [7, 11) is 0. The number of carbonyl (C=O) groups excluding carboxylic acids is 1. The molecule has 0 bridgehead atoms. The van der Waals surface area contributed by atoms with E-state index >= 15 is 0 Å². The summed E-state index contributed by atoms with van der Waals surface area (Å²) in [5, 5.41) is 86.7. The Kier molecular flexibility index (Phi) is 14.5. The largest absolute Gasteiger partial charge is 0.395 e. The van der Waals surface area contributed by atoms with Gasteiger partial charge in [-0.1, -0.05) is 0 Å². The first-order valence-electron chi connectivity index (χ1n) is 14.7. The third-order valence-corrected chi connectivity index (χ3v) is 8.25. The minimum absolute atomic E-state index is 0.0553. The molecule has 0 aromatic heterocycles. The van der Waals surface area contributed by atoms with E-state index in [1.807, 2.05) is 0 Å². The van der Waals surface area contributed by atoms with Gasteiger partial charge in [0.25, 0.3) is 5.91 Å². The molecule has 7 unspecified atom stereocenters. The number of nitrogens with two attached hydrogens (primary N) is 4. The Morgan fingerprint density at radius 2 is 1.59 bits per heavy atom. The van der Waals surface area contributed by atoms with E-state index in [1.54, 1.807) is 0 Å². The number of aliphatic hydroxyl groups is 8. The molecule has 3 aliphatic rings. The maximum Gasteiger partial charge on any atom is 0.251 e. The SMILES string of the molecule is NC[C@H](O)[C@H](O)[C@H](O)C(=O)N[C@@H]1C[C@H](N)C(O[C@H]2O[C@H](CNCCO)CCC2N)C(O)C1O[C@H]1OC(CO)C(O)[C@H](N)C1O. The molecule has 16 atom stereocenters. The highest BCUT2D eigenvalue weighted by atomic mass is 16.7. The third kappa shape index (κ3) is 8.98. The summed E-state index contributed by atoms with van der Waals surface area (Å²) in [6.07, 6.45) is -16.2. The van der Waals surface area contributed by atoms with Crippen LogP contribution in [0.25, 0.3) is 0 Å². The fourth-order valence-corrected chi connectivity index (χ4v) is 5.55. The lowest BCUT2D eigenvalue weighted by Crippen LogP contribution is -2.69. The van der Waals surface area contributed by atoms with Gasteiger partial charge in [0.05, 0.1) is 43.5 Å². The van der Waals surface area contributed by atoms with Gasteiger partial charge in [-0.15, -0.1) is 0 Å². The number of hydrogen-bond acceptors (Lipinski definition) is 18. The Morgan fingerprint density at radius 3 is 2.23 bits per heavy atom. The van der Waals surface area contributed by atoms with Crippen LogP contribution in [-0.4, -0.2) is 177 Å². The number of aliphatic hydroxyl groups excluding tert-OH is 8. The zero-order valence-corrected chi connectivity index (χ0v) is 24.3. The van der Waals surface area contributed by atoms with E-state index in [4.69, 9.17) is 47.0 Å². The highest BCUT2D eigenvalue weighted by Crippen LogP contribution is 2.31. The van der Waals surface area contributed by atoms with E-state index in [9.17, 15) is 40.5 Å². The van der Waals surface area contributed by atoms with Gasteiger partial charge in [0.1, 0.15) is 42.7 Å². The Bertz CT molecular complexity index is 882. The second-order valence-corrected chi connectivity index (χ2v) is 11.5. The van der Waals surface area contributed by atoms with Crippen LogP contribution >= 0.6 is 0 Å². The molecule has 18 N–H and O–H groups in total. The van der Waals surface area contributed by atoms with Gasteiger partial charge in [0.15, 0.2) is 18.7 Å². The minimum Gasteiger partial charge on any atom is -0.395 e. The molecule has 1 saturated carbocycles. The molecule has 19 heteroatoms. The van der Waals surface area contributed by atoms with Gasteiger partial charge in [0.2, 0.25) is 0 Å². The maximum absolute atomic E-state index is 12.9. The topological polar surface area (TPSA) is 344 Å². The summed E-state index contributed by atoms with van der Waals surface area (Å²) in [4.78, 5) is 12.9. The van der Waals surface area contributed by atoms with Gasteiger partial charge in [-0.2, -0.15) is 0 Å². The van der Waals surface area contributed by atoms with Crippen LogP contribution in [0.3, 0.4) is 0 Å². The standard InChI is InChI=1S/C25H50N6O13/c26-6-13(34)16(35)19(38)23(40)31-12-5-11(28)21(43-24-10(27)2-1-9(41-24)7-30-3-4-32)20(39)22(12)44-25-18(37)15(29)17(36)14(8-33)42-25/h9-22,24-25,30,32-39H,1-8,26-29H2,(H,31,40)/t9-,10?,11-,12+,13-,14?,15-,16-,17?,18?,19-,20?,21?,22?,24+,25+/m0/s1. The highest BCUT2D eigenvalue weighted by Gasteiger charge is 2.51. The van der Waals surface area contributed by atoms with Gasteiger partial charge < -0.3 is 93.4 Å². The molecule has 2 aliphatic heterocycles. The molecule has 0 spiro atoms. The molecule has 3 rings (SSSR count). The van der Waals surface area contributed by atoms with E-state index in [2.05, 4.69) is 10.6 Å². The van der Waals surface area contributed by atoms with Crippen molar-refractivity contribution in [1.29, 1.82) is 0 Å². The number of hydrogen-bond donors (Lipinski definition) is 14. The van der Waals surface area contributed by atoms with Crippen molar-refractivity contribution in [2.75, 3.05) is 32.8 Å². The quantitative estimate of drug-likeness (QED) is 0.0782. The van der Waals surface area contributed by atoms with Crippen molar-refractivity contribution < 1.29 is 64.6 Å². The van der Waals surface area contributed by atoms with E-state index in [0.29, 0.717) is 25.9 Å². The summed E-state index contributed by atoms with van der Waals surface area (Å²) in [6, 6.07) is -4.05. The fraction of sp³-hybridized carbons (Fsp3) is 0.960. The van der Waals surface area contributed by atoms with Crippen LogP contribution in [0.4, 0.5) is 0 Å².